The van der Waals surface area contributed by atoms with E-state index in [-0.39, 0.29) is 0 Å². The molecule has 2 nitrogen and oxygen atoms in total. The Morgan fingerprint density at radius 3 is 3.13 bits per heavy atom. The maximum atomic E-state index is 4.26. The summed E-state index contributed by atoms with van der Waals surface area (Å²) < 4.78 is 0. The number of hydrogen-bond acceptors (Lipinski definition) is 2. The van der Waals surface area contributed by atoms with E-state index in [4.69, 9.17) is 0 Å². The number of rotatable bonds is 3. The van der Waals surface area contributed by atoms with Gasteiger partial charge in [-0.1, -0.05) is 24.3 Å². The summed E-state index contributed by atoms with van der Waals surface area (Å²) in [7, 11) is 0. The highest BCUT2D eigenvalue weighted by Crippen LogP contribution is 2.00. The Hall–Kier alpha value is -1.83. The first-order chi connectivity index (χ1) is 7.45. The third kappa shape index (κ3) is 3.09. The highest BCUT2D eigenvalue weighted by Gasteiger charge is 1.92. The average molecular weight is 198 g/mol. The van der Waals surface area contributed by atoms with Gasteiger partial charge in [-0.3, -0.25) is 4.98 Å². The lowest BCUT2D eigenvalue weighted by molar-refractivity contribution is 0.919. The summed E-state index contributed by atoms with van der Waals surface area (Å²) in [6, 6.07) is 5.98. The number of nitrogens with zero attached hydrogens (tertiary/aromatic N) is 1. The normalized spacial score (nSPS) is 15.1. The Kier molecular flexibility index (Phi) is 3.34. The van der Waals surface area contributed by atoms with E-state index in [1.807, 2.05) is 24.4 Å². The highest BCUT2D eigenvalue weighted by atomic mass is 14.9. The van der Waals surface area contributed by atoms with Crippen LogP contribution in [-0.2, 0) is 6.42 Å². The topological polar surface area (TPSA) is 24.9 Å². The molecule has 0 fully saturated rings. The van der Waals surface area contributed by atoms with Crippen molar-refractivity contribution in [1.82, 2.24) is 10.3 Å². The first-order valence-electron chi connectivity index (χ1n) is 5.12. The summed E-state index contributed by atoms with van der Waals surface area (Å²) in [5.74, 6) is 0. The van der Waals surface area contributed by atoms with Crippen molar-refractivity contribution >= 4 is 0 Å². The average Bonchev–Trinajstić information content (AvgIpc) is 2.32. The molecule has 0 saturated carbocycles. The molecule has 76 valence electrons. The lowest BCUT2D eigenvalue weighted by atomic mass is 10.2. The van der Waals surface area contributed by atoms with Crippen molar-refractivity contribution in [3.63, 3.8) is 0 Å². The fourth-order valence-electron chi connectivity index (χ4n) is 1.42. The Bertz CT molecular complexity index is 388. The Labute approximate surface area is 90.0 Å². The lowest BCUT2D eigenvalue weighted by Crippen LogP contribution is -2.13. The monoisotopic (exact) mass is 198 g/mol. The fraction of sp³-hybridized carbons (Fsp3) is 0.154. The summed E-state index contributed by atoms with van der Waals surface area (Å²) in [6.45, 7) is 0.916. The van der Waals surface area contributed by atoms with E-state index in [9.17, 15) is 0 Å². The predicted octanol–water partition coefficient (Wildman–Crippen LogP) is 2.22. The number of allylic oxidation sites excluding steroid dienone is 4. The molecule has 2 heteroatoms. The minimum Gasteiger partial charge on any atom is -0.382 e. The molecule has 1 N–H and O–H groups in total. The van der Waals surface area contributed by atoms with Gasteiger partial charge in [-0.15, -0.1) is 0 Å². The van der Waals surface area contributed by atoms with E-state index >= 15 is 0 Å². The van der Waals surface area contributed by atoms with Gasteiger partial charge in [-0.05, 0) is 24.3 Å². The van der Waals surface area contributed by atoms with Crippen LogP contribution in [0.3, 0.4) is 0 Å². The van der Waals surface area contributed by atoms with Crippen molar-refractivity contribution in [2.75, 3.05) is 6.54 Å². The van der Waals surface area contributed by atoms with E-state index in [2.05, 4.69) is 40.7 Å². The smallest absolute Gasteiger partial charge is 0.0441 e. The van der Waals surface area contributed by atoms with Crippen molar-refractivity contribution in [1.29, 1.82) is 0 Å². The summed E-state index contributed by atoms with van der Waals surface area (Å²) in [6.07, 6.45) is 13.2. The number of dihydropyridines is 1. The van der Waals surface area contributed by atoms with Crippen molar-refractivity contribution < 1.29 is 0 Å². The third-order valence-electron chi connectivity index (χ3n) is 2.19. The number of pyridine rings is 1. The van der Waals surface area contributed by atoms with Crippen LogP contribution in [0.4, 0.5) is 0 Å². The van der Waals surface area contributed by atoms with Crippen molar-refractivity contribution in [2.24, 2.45) is 0 Å². The van der Waals surface area contributed by atoms with Crippen molar-refractivity contribution in [2.45, 2.75) is 6.42 Å². The van der Waals surface area contributed by atoms with Gasteiger partial charge in [0.1, 0.15) is 0 Å². The van der Waals surface area contributed by atoms with Gasteiger partial charge >= 0.3 is 0 Å². The molecule has 0 aliphatic carbocycles. The first-order valence-corrected chi connectivity index (χ1v) is 5.12. The van der Waals surface area contributed by atoms with Crippen LogP contribution in [0.2, 0.25) is 0 Å². The van der Waals surface area contributed by atoms with E-state index in [0.29, 0.717) is 0 Å². The first kappa shape index (κ1) is 9.71. The zero-order valence-corrected chi connectivity index (χ0v) is 8.56. The molecule has 0 saturated heterocycles. The van der Waals surface area contributed by atoms with Crippen LogP contribution >= 0.6 is 0 Å². The second kappa shape index (κ2) is 5.15. The molecule has 1 aromatic rings. The molecule has 2 heterocycles. The molecule has 0 radical (unpaired) electrons. The number of nitrogens with one attached hydrogen (secondary N) is 1. The molecule has 0 unspecified atom stereocenters. The summed E-state index contributed by atoms with van der Waals surface area (Å²) in [5.41, 5.74) is 2.26. The summed E-state index contributed by atoms with van der Waals surface area (Å²) >= 11 is 0. The molecule has 15 heavy (non-hydrogen) atoms. The predicted molar refractivity (Wildman–Crippen MR) is 62.3 cm³/mol. The molecule has 0 bridgehead atoms. The highest BCUT2D eigenvalue weighted by molar-refractivity contribution is 5.26. The van der Waals surface area contributed by atoms with Gasteiger partial charge in [-0.2, -0.15) is 0 Å². The van der Waals surface area contributed by atoms with Crippen LogP contribution < -0.4 is 5.32 Å². The van der Waals surface area contributed by atoms with Crippen molar-refractivity contribution in [3.8, 4) is 0 Å². The maximum Gasteiger partial charge on any atom is 0.0441 e. The van der Waals surface area contributed by atoms with Crippen LogP contribution in [0.1, 0.15) is 5.69 Å². The van der Waals surface area contributed by atoms with Crippen LogP contribution in [0, 0.1) is 0 Å². The zero-order chi connectivity index (χ0) is 10.3. The van der Waals surface area contributed by atoms with E-state index in [1.54, 1.807) is 0 Å². The van der Waals surface area contributed by atoms with Gasteiger partial charge in [-0.25, -0.2) is 0 Å². The fourth-order valence-corrected chi connectivity index (χ4v) is 1.42. The lowest BCUT2D eigenvalue weighted by Gasteiger charge is -2.06. The molecule has 0 amide bonds. The molecular formula is C13H14N2. The minimum absolute atomic E-state index is 0.879. The SMILES string of the molecule is C1=CCNC(/C=C/Cc2ccccn2)=C1. The quantitative estimate of drug-likeness (QED) is 0.805. The Morgan fingerprint density at radius 1 is 1.40 bits per heavy atom. The van der Waals surface area contributed by atoms with Gasteiger partial charge < -0.3 is 5.32 Å². The zero-order valence-electron chi connectivity index (χ0n) is 8.56. The molecule has 0 atom stereocenters. The van der Waals surface area contributed by atoms with E-state index in [0.717, 1.165) is 24.4 Å². The van der Waals surface area contributed by atoms with E-state index < -0.39 is 0 Å². The van der Waals surface area contributed by atoms with E-state index in [1.165, 1.54) is 0 Å². The Morgan fingerprint density at radius 2 is 2.40 bits per heavy atom. The molecule has 1 aliphatic heterocycles. The Balaban J connectivity index is 1.90. The molecule has 1 aromatic heterocycles. The molecule has 0 spiro atoms. The van der Waals surface area contributed by atoms with Gasteiger partial charge in [0.25, 0.3) is 0 Å². The van der Waals surface area contributed by atoms with Gasteiger partial charge in [0, 0.05) is 30.6 Å². The van der Waals surface area contributed by atoms with Crippen molar-refractivity contribution in [3.05, 3.63) is 66.2 Å². The maximum absolute atomic E-state index is 4.26. The number of aromatic nitrogens is 1. The minimum atomic E-state index is 0.879. The molecular weight excluding hydrogens is 184 g/mol. The van der Waals surface area contributed by atoms with Gasteiger partial charge in [0.05, 0.1) is 0 Å². The molecule has 1 aliphatic rings. The second-order valence-corrected chi connectivity index (χ2v) is 3.36. The third-order valence-corrected chi connectivity index (χ3v) is 2.19. The van der Waals surface area contributed by atoms with Crippen LogP contribution in [0.5, 0.6) is 0 Å². The van der Waals surface area contributed by atoms with Crippen LogP contribution in [0.25, 0.3) is 0 Å². The summed E-state index contributed by atoms with van der Waals surface area (Å²) in [4.78, 5) is 4.26. The van der Waals surface area contributed by atoms with Gasteiger partial charge in [0.2, 0.25) is 0 Å². The van der Waals surface area contributed by atoms with Crippen LogP contribution in [0.15, 0.2) is 60.5 Å². The number of hydrogen-bond donors (Lipinski definition) is 1. The molecule has 2 rings (SSSR count). The largest absolute Gasteiger partial charge is 0.382 e. The summed E-state index contributed by atoms with van der Waals surface area (Å²) in [5, 5.41) is 3.27. The van der Waals surface area contributed by atoms with Crippen LogP contribution in [-0.4, -0.2) is 11.5 Å². The molecule has 0 aromatic carbocycles. The van der Waals surface area contributed by atoms with Gasteiger partial charge in [0.15, 0.2) is 0 Å². The standard InChI is InChI=1S/C13H14N2/c1-3-10-14-12(6-1)8-5-9-13-7-2-4-11-15-13/h1-8,11,14H,9-10H2/b8-5+. The second-order valence-electron chi connectivity index (χ2n) is 3.36.